The van der Waals surface area contributed by atoms with E-state index in [9.17, 15) is 9.18 Å². The van der Waals surface area contributed by atoms with Gasteiger partial charge >= 0.3 is 0 Å². The molecule has 0 spiro atoms. The minimum Gasteiger partial charge on any atom is -0.378 e. The van der Waals surface area contributed by atoms with Crippen LogP contribution in [-0.2, 0) is 11.3 Å². The quantitative estimate of drug-likeness (QED) is 0.906. The summed E-state index contributed by atoms with van der Waals surface area (Å²) in [6, 6.07) is 5.87. The standard InChI is InChI=1S/C14H14FNO2/c1-9-7-16-12(8-18-2)13(14(9)17)10-3-5-11(15)6-4-10/h3-7H,8H2,1-2H3,(H,16,17). The summed E-state index contributed by atoms with van der Waals surface area (Å²) in [6.45, 7) is 2.05. The Morgan fingerprint density at radius 3 is 2.56 bits per heavy atom. The van der Waals surface area contributed by atoms with Gasteiger partial charge in [0.1, 0.15) is 5.82 Å². The van der Waals surface area contributed by atoms with E-state index in [1.54, 1.807) is 32.4 Å². The minimum atomic E-state index is -0.323. The van der Waals surface area contributed by atoms with Crippen LogP contribution in [0.15, 0.2) is 35.3 Å². The van der Waals surface area contributed by atoms with Gasteiger partial charge in [-0.1, -0.05) is 12.1 Å². The molecule has 1 heterocycles. The van der Waals surface area contributed by atoms with E-state index < -0.39 is 0 Å². The minimum absolute atomic E-state index is 0.0626. The zero-order valence-corrected chi connectivity index (χ0v) is 10.3. The molecule has 0 unspecified atom stereocenters. The number of ether oxygens (including phenoxy) is 1. The number of aryl methyl sites for hydroxylation is 1. The van der Waals surface area contributed by atoms with Gasteiger partial charge in [-0.25, -0.2) is 4.39 Å². The first-order valence-electron chi connectivity index (χ1n) is 5.59. The van der Waals surface area contributed by atoms with Crippen molar-refractivity contribution >= 4 is 0 Å². The Balaban J connectivity index is 2.64. The van der Waals surface area contributed by atoms with Crippen LogP contribution in [0.5, 0.6) is 0 Å². The molecular formula is C14H14FNO2. The first-order valence-corrected chi connectivity index (χ1v) is 5.59. The van der Waals surface area contributed by atoms with E-state index in [1.807, 2.05) is 0 Å². The first kappa shape index (κ1) is 12.5. The van der Waals surface area contributed by atoms with Crippen LogP contribution in [0, 0.1) is 12.7 Å². The highest BCUT2D eigenvalue weighted by Gasteiger charge is 2.11. The predicted molar refractivity (Wildman–Crippen MR) is 67.9 cm³/mol. The van der Waals surface area contributed by atoms with Crippen molar-refractivity contribution in [2.75, 3.05) is 7.11 Å². The first-order chi connectivity index (χ1) is 8.63. The van der Waals surface area contributed by atoms with Crippen LogP contribution in [0.1, 0.15) is 11.3 Å². The molecule has 0 saturated heterocycles. The molecule has 0 aliphatic rings. The third kappa shape index (κ3) is 2.33. The van der Waals surface area contributed by atoms with Crippen LogP contribution >= 0.6 is 0 Å². The maximum Gasteiger partial charge on any atom is 0.192 e. The molecule has 94 valence electrons. The number of hydrogen-bond acceptors (Lipinski definition) is 2. The van der Waals surface area contributed by atoms with Crippen molar-refractivity contribution in [3.8, 4) is 11.1 Å². The van der Waals surface area contributed by atoms with E-state index in [4.69, 9.17) is 4.74 Å². The van der Waals surface area contributed by atoms with Gasteiger partial charge in [-0.05, 0) is 24.6 Å². The van der Waals surface area contributed by atoms with E-state index in [1.165, 1.54) is 12.1 Å². The maximum atomic E-state index is 12.9. The summed E-state index contributed by atoms with van der Waals surface area (Å²) in [5, 5.41) is 0. The number of H-pyrrole nitrogens is 1. The molecule has 0 saturated carbocycles. The number of nitrogens with one attached hydrogen (secondary N) is 1. The number of hydrogen-bond donors (Lipinski definition) is 1. The summed E-state index contributed by atoms with van der Waals surface area (Å²) in [5.41, 5.74) is 2.48. The van der Waals surface area contributed by atoms with Crippen molar-refractivity contribution in [2.45, 2.75) is 13.5 Å². The Hall–Kier alpha value is -1.94. The second-order valence-electron chi connectivity index (χ2n) is 4.09. The molecule has 1 aromatic carbocycles. The number of benzene rings is 1. The Morgan fingerprint density at radius 1 is 1.28 bits per heavy atom. The molecule has 0 bridgehead atoms. The van der Waals surface area contributed by atoms with E-state index >= 15 is 0 Å². The Bertz CT molecular complexity index is 602. The smallest absolute Gasteiger partial charge is 0.192 e. The summed E-state index contributed by atoms with van der Waals surface area (Å²) in [5.74, 6) is -0.323. The van der Waals surface area contributed by atoms with Crippen LogP contribution < -0.4 is 5.43 Å². The zero-order chi connectivity index (χ0) is 13.1. The van der Waals surface area contributed by atoms with Crippen molar-refractivity contribution in [3.05, 3.63) is 57.8 Å². The highest BCUT2D eigenvalue weighted by molar-refractivity contribution is 5.66. The van der Waals surface area contributed by atoms with Gasteiger partial charge in [0, 0.05) is 18.9 Å². The lowest BCUT2D eigenvalue weighted by Crippen LogP contribution is -2.13. The van der Waals surface area contributed by atoms with Crippen molar-refractivity contribution in [2.24, 2.45) is 0 Å². The second-order valence-corrected chi connectivity index (χ2v) is 4.09. The zero-order valence-electron chi connectivity index (χ0n) is 10.3. The largest absolute Gasteiger partial charge is 0.378 e. The lowest BCUT2D eigenvalue weighted by Gasteiger charge is -2.09. The number of halogens is 1. The summed E-state index contributed by atoms with van der Waals surface area (Å²) in [6.07, 6.45) is 1.66. The van der Waals surface area contributed by atoms with Crippen molar-refractivity contribution in [3.63, 3.8) is 0 Å². The lowest BCUT2D eigenvalue weighted by molar-refractivity contribution is 0.182. The monoisotopic (exact) mass is 247 g/mol. The van der Waals surface area contributed by atoms with Crippen LogP contribution in [0.3, 0.4) is 0 Å². The van der Waals surface area contributed by atoms with Crippen LogP contribution in [-0.4, -0.2) is 12.1 Å². The number of pyridine rings is 1. The van der Waals surface area contributed by atoms with Crippen molar-refractivity contribution < 1.29 is 9.13 Å². The Morgan fingerprint density at radius 2 is 1.94 bits per heavy atom. The highest BCUT2D eigenvalue weighted by Crippen LogP contribution is 2.20. The number of methoxy groups -OCH3 is 1. The Kier molecular flexibility index (Phi) is 3.58. The van der Waals surface area contributed by atoms with Gasteiger partial charge in [0.25, 0.3) is 0 Å². The molecule has 2 rings (SSSR count). The van der Waals surface area contributed by atoms with E-state index in [0.717, 1.165) is 0 Å². The second kappa shape index (κ2) is 5.14. The SMILES string of the molecule is COCc1[nH]cc(C)c(=O)c1-c1ccc(F)cc1. The molecule has 0 radical (unpaired) electrons. The van der Waals surface area contributed by atoms with Gasteiger partial charge in [-0.15, -0.1) is 0 Å². The highest BCUT2D eigenvalue weighted by atomic mass is 19.1. The van der Waals surface area contributed by atoms with E-state index in [2.05, 4.69) is 4.98 Å². The maximum absolute atomic E-state index is 12.9. The lowest BCUT2D eigenvalue weighted by atomic mass is 10.0. The molecule has 3 nitrogen and oxygen atoms in total. The molecule has 0 atom stereocenters. The van der Waals surface area contributed by atoms with Gasteiger partial charge in [0.15, 0.2) is 5.43 Å². The molecule has 0 amide bonds. The number of aromatic nitrogens is 1. The molecule has 0 aliphatic carbocycles. The topological polar surface area (TPSA) is 42.1 Å². The van der Waals surface area contributed by atoms with Gasteiger partial charge in [0.05, 0.1) is 17.9 Å². The van der Waals surface area contributed by atoms with Crippen molar-refractivity contribution in [1.82, 2.24) is 4.98 Å². The molecule has 18 heavy (non-hydrogen) atoms. The molecule has 4 heteroatoms. The third-order valence-corrected chi connectivity index (χ3v) is 2.77. The van der Waals surface area contributed by atoms with Crippen LogP contribution in [0.25, 0.3) is 11.1 Å². The number of rotatable bonds is 3. The normalized spacial score (nSPS) is 10.6. The predicted octanol–water partition coefficient (Wildman–Crippen LogP) is 2.64. The summed E-state index contributed by atoms with van der Waals surface area (Å²) in [7, 11) is 1.56. The molecule has 0 aliphatic heterocycles. The third-order valence-electron chi connectivity index (χ3n) is 2.77. The van der Waals surface area contributed by atoms with Crippen LogP contribution in [0.4, 0.5) is 4.39 Å². The fourth-order valence-corrected chi connectivity index (χ4v) is 1.85. The molecule has 0 fully saturated rings. The van der Waals surface area contributed by atoms with Gasteiger partial charge in [0.2, 0.25) is 0 Å². The molecular weight excluding hydrogens is 233 g/mol. The van der Waals surface area contributed by atoms with E-state index in [-0.39, 0.29) is 11.2 Å². The summed E-state index contributed by atoms with van der Waals surface area (Å²) < 4.78 is 18.0. The Labute approximate surface area is 104 Å². The summed E-state index contributed by atoms with van der Waals surface area (Å²) in [4.78, 5) is 15.2. The molecule has 1 N–H and O–H groups in total. The van der Waals surface area contributed by atoms with Gasteiger partial charge in [-0.3, -0.25) is 4.79 Å². The summed E-state index contributed by atoms with van der Waals surface area (Å²) >= 11 is 0. The average Bonchev–Trinajstić information content (AvgIpc) is 2.36. The fraction of sp³-hybridized carbons (Fsp3) is 0.214. The average molecular weight is 247 g/mol. The molecule has 1 aromatic heterocycles. The fourth-order valence-electron chi connectivity index (χ4n) is 1.85. The van der Waals surface area contributed by atoms with E-state index in [0.29, 0.717) is 29.0 Å². The number of aromatic amines is 1. The van der Waals surface area contributed by atoms with Crippen molar-refractivity contribution in [1.29, 1.82) is 0 Å². The van der Waals surface area contributed by atoms with Gasteiger partial charge < -0.3 is 9.72 Å². The van der Waals surface area contributed by atoms with Gasteiger partial charge in [-0.2, -0.15) is 0 Å². The van der Waals surface area contributed by atoms with Crippen LogP contribution in [0.2, 0.25) is 0 Å². The molecule has 2 aromatic rings.